The third kappa shape index (κ3) is 3.66. The summed E-state index contributed by atoms with van der Waals surface area (Å²) in [5, 5.41) is 12.3. The third-order valence-corrected chi connectivity index (χ3v) is 3.80. The van der Waals surface area contributed by atoms with E-state index in [9.17, 15) is 4.79 Å². The van der Waals surface area contributed by atoms with Crippen LogP contribution in [0.2, 0.25) is 0 Å². The Morgan fingerprint density at radius 2 is 2.16 bits per heavy atom. The first-order chi connectivity index (χ1) is 9.06. The van der Waals surface area contributed by atoms with Crippen molar-refractivity contribution in [2.75, 3.05) is 5.32 Å². The van der Waals surface area contributed by atoms with E-state index in [0.29, 0.717) is 17.7 Å². The Bertz CT molecular complexity index is 462. The van der Waals surface area contributed by atoms with Crippen LogP contribution in [0, 0.1) is 12.8 Å². The van der Waals surface area contributed by atoms with Crippen molar-refractivity contribution in [2.45, 2.75) is 52.0 Å². The topological polar surface area (TPSA) is 75.1 Å². The highest BCUT2D eigenvalue weighted by Gasteiger charge is 2.17. The molecule has 0 bridgehead atoms. The summed E-state index contributed by atoms with van der Waals surface area (Å²) in [6, 6.07) is 0.403. The highest BCUT2D eigenvalue weighted by Crippen LogP contribution is 2.24. The molecule has 2 atom stereocenters. The van der Waals surface area contributed by atoms with Crippen LogP contribution >= 0.6 is 0 Å². The fraction of sp³-hybridized carbons (Fsp3) is 0.643. The van der Waals surface area contributed by atoms with Crippen LogP contribution in [0.3, 0.4) is 0 Å². The van der Waals surface area contributed by atoms with Gasteiger partial charge < -0.3 is 10.4 Å². The fourth-order valence-corrected chi connectivity index (χ4v) is 2.56. The van der Waals surface area contributed by atoms with Gasteiger partial charge in [-0.1, -0.05) is 19.8 Å². The molecule has 1 aliphatic rings. The molecule has 1 heterocycles. The number of rotatable bonds is 3. The first kappa shape index (κ1) is 13.8. The van der Waals surface area contributed by atoms with Crippen molar-refractivity contribution in [3.63, 3.8) is 0 Å². The molecule has 0 aromatic carbocycles. The number of aryl methyl sites for hydroxylation is 1. The van der Waals surface area contributed by atoms with E-state index in [-0.39, 0.29) is 5.56 Å². The molecule has 1 saturated carbocycles. The standard InChI is InChI=1S/C14H21N3O2/c1-9-4-3-5-11(7-6-9)17-14-15-8-12(13(18)19)10(2)16-14/h8-9,11H,3-7H2,1-2H3,(H,18,19)(H,15,16,17). The molecule has 0 aliphatic heterocycles. The van der Waals surface area contributed by atoms with E-state index in [1.54, 1.807) is 6.92 Å². The molecule has 2 N–H and O–H groups in total. The normalized spacial score (nSPS) is 23.7. The zero-order valence-corrected chi connectivity index (χ0v) is 11.5. The van der Waals surface area contributed by atoms with Crippen molar-refractivity contribution in [1.82, 2.24) is 9.97 Å². The monoisotopic (exact) mass is 263 g/mol. The molecule has 0 spiro atoms. The van der Waals surface area contributed by atoms with Gasteiger partial charge in [-0.3, -0.25) is 0 Å². The SMILES string of the molecule is Cc1nc(NC2CCCC(C)CC2)ncc1C(=O)O. The van der Waals surface area contributed by atoms with Crippen molar-refractivity contribution in [3.8, 4) is 0 Å². The molecule has 5 nitrogen and oxygen atoms in total. The number of aromatic carboxylic acids is 1. The van der Waals surface area contributed by atoms with E-state index in [2.05, 4.69) is 22.2 Å². The van der Waals surface area contributed by atoms with Crippen LogP contribution in [-0.4, -0.2) is 27.1 Å². The molecule has 0 saturated heterocycles. The molecular formula is C14H21N3O2. The van der Waals surface area contributed by atoms with Gasteiger partial charge in [-0.15, -0.1) is 0 Å². The van der Waals surface area contributed by atoms with Crippen molar-refractivity contribution in [2.24, 2.45) is 5.92 Å². The smallest absolute Gasteiger partial charge is 0.339 e. The van der Waals surface area contributed by atoms with E-state index in [0.717, 1.165) is 18.8 Å². The Labute approximate surface area is 113 Å². The number of hydrogen-bond donors (Lipinski definition) is 2. The van der Waals surface area contributed by atoms with Crippen molar-refractivity contribution in [1.29, 1.82) is 0 Å². The summed E-state index contributed by atoms with van der Waals surface area (Å²) in [6.07, 6.45) is 7.38. The number of carbonyl (C=O) groups is 1. The molecule has 1 fully saturated rings. The van der Waals surface area contributed by atoms with E-state index in [1.807, 2.05) is 0 Å². The molecule has 2 unspecified atom stereocenters. The second-order valence-corrected chi connectivity index (χ2v) is 5.45. The van der Waals surface area contributed by atoms with E-state index < -0.39 is 5.97 Å². The predicted molar refractivity (Wildman–Crippen MR) is 73.4 cm³/mol. The van der Waals surface area contributed by atoms with Gasteiger partial charge in [-0.25, -0.2) is 14.8 Å². The maximum Gasteiger partial charge on any atom is 0.339 e. The minimum Gasteiger partial charge on any atom is -0.478 e. The molecular weight excluding hydrogens is 242 g/mol. The van der Waals surface area contributed by atoms with Gasteiger partial charge in [0.1, 0.15) is 0 Å². The zero-order chi connectivity index (χ0) is 13.8. The van der Waals surface area contributed by atoms with Gasteiger partial charge >= 0.3 is 5.97 Å². The number of carboxylic acids is 1. The fourth-order valence-electron chi connectivity index (χ4n) is 2.56. The van der Waals surface area contributed by atoms with E-state index in [4.69, 9.17) is 5.11 Å². The highest BCUT2D eigenvalue weighted by atomic mass is 16.4. The van der Waals surface area contributed by atoms with Crippen LogP contribution in [0.4, 0.5) is 5.95 Å². The average Bonchev–Trinajstić information content (AvgIpc) is 2.54. The second-order valence-electron chi connectivity index (χ2n) is 5.45. The first-order valence-electron chi connectivity index (χ1n) is 6.89. The lowest BCUT2D eigenvalue weighted by atomic mass is 10.0. The molecule has 19 heavy (non-hydrogen) atoms. The Balaban J connectivity index is 2.03. The van der Waals surface area contributed by atoms with Crippen LogP contribution in [0.1, 0.15) is 55.1 Å². The summed E-state index contributed by atoms with van der Waals surface area (Å²) in [4.78, 5) is 19.2. The Morgan fingerprint density at radius 1 is 1.37 bits per heavy atom. The minimum atomic E-state index is -0.979. The van der Waals surface area contributed by atoms with Crippen molar-refractivity contribution >= 4 is 11.9 Å². The van der Waals surface area contributed by atoms with Gasteiger partial charge in [-0.05, 0) is 32.1 Å². The lowest BCUT2D eigenvalue weighted by Gasteiger charge is -2.16. The highest BCUT2D eigenvalue weighted by molar-refractivity contribution is 5.88. The summed E-state index contributed by atoms with van der Waals surface area (Å²) in [5.74, 6) is 0.359. The number of carboxylic acid groups (broad SMARTS) is 1. The average molecular weight is 263 g/mol. The van der Waals surface area contributed by atoms with Crippen LogP contribution in [0.5, 0.6) is 0 Å². The van der Waals surface area contributed by atoms with Crippen molar-refractivity contribution in [3.05, 3.63) is 17.5 Å². The van der Waals surface area contributed by atoms with Gasteiger partial charge in [-0.2, -0.15) is 0 Å². The van der Waals surface area contributed by atoms with E-state index >= 15 is 0 Å². The molecule has 2 rings (SSSR count). The first-order valence-corrected chi connectivity index (χ1v) is 6.89. The maximum atomic E-state index is 10.9. The third-order valence-electron chi connectivity index (χ3n) is 3.80. The number of nitrogens with one attached hydrogen (secondary N) is 1. The Morgan fingerprint density at radius 3 is 2.84 bits per heavy atom. The van der Waals surface area contributed by atoms with E-state index in [1.165, 1.54) is 25.5 Å². The summed E-state index contributed by atoms with van der Waals surface area (Å²) in [5.41, 5.74) is 0.673. The van der Waals surface area contributed by atoms with Gasteiger partial charge in [0, 0.05) is 12.2 Å². The molecule has 5 heteroatoms. The molecule has 0 radical (unpaired) electrons. The zero-order valence-electron chi connectivity index (χ0n) is 11.5. The van der Waals surface area contributed by atoms with Crippen molar-refractivity contribution < 1.29 is 9.90 Å². The number of aromatic nitrogens is 2. The summed E-state index contributed by atoms with van der Waals surface area (Å²) < 4.78 is 0. The van der Waals surface area contributed by atoms with Gasteiger partial charge in [0.25, 0.3) is 0 Å². The molecule has 1 aromatic heterocycles. The largest absolute Gasteiger partial charge is 0.478 e. The summed E-state index contributed by atoms with van der Waals surface area (Å²) in [6.45, 7) is 4.00. The lowest BCUT2D eigenvalue weighted by Crippen LogP contribution is -2.20. The molecule has 104 valence electrons. The van der Waals surface area contributed by atoms with Crippen LogP contribution in [-0.2, 0) is 0 Å². The maximum absolute atomic E-state index is 10.9. The van der Waals surface area contributed by atoms with Gasteiger partial charge in [0.05, 0.1) is 11.3 Å². The minimum absolute atomic E-state index is 0.167. The molecule has 1 aliphatic carbocycles. The number of nitrogens with zero attached hydrogens (tertiary/aromatic N) is 2. The molecule has 0 amide bonds. The van der Waals surface area contributed by atoms with Gasteiger partial charge in [0.2, 0.25) is 5.95 Å². The Kier molecular flexibility index (Phi) is 4.35. The molecule has 1 aromatic rings. The number of anilines is 1. The van der Waals surface area contributed by atoms with Crippen LogP contribution in [0.15, 0.2) is 6.20 Å². The van der Waals surface area contributed by atoms with Gasteiger partial charge in [0.15, 0.2) is 0 Å². The Hall–Kier alpha value is -1.65. The second kappa shape index (κ2) is 5.99. The number of hydrogen-bond acceptors (Lipinski definition) is 4. The lowest BCUT2D eigenvalue weighted by molar-refractivity contribution is 0.0695. The van der Waals surface area contributed by atoms with Crippen LogP contribution < -0.4 is 5.32 Å². The predicted octanol–water partition coefficient (Wildman–Crippen LogP) is 2.86. The summed E-state index contributed by atoms with van der Waals surface area (Å²) >= 11 is 0. The summed E-state index contributed by atoms with van der Waals surface area (Å²) in [7, 11) is 0. The quantitative estimate of drug-likeness (QED) is 0.820. The van der Waals surface area contributed by atoms with Crippen LogP contribution in [0.25, 0.3) is 0 Å².